The third-order valence-corrected chi connectivity index (χ3v) is 3.91. The Hall–Kier alpha value is -1.25. The second kappa shape index (κ2) is 4.21. The molecular formula is C14H9BrClN. The normalized spacial score (nSPS) is 10.9. The van der Waals surface area contributed by atoms with Crippen molar-refractivity contribution in [3.05, 3.63) is 58.2 Å². The average Bonchev–Trinajstić information content (AvgIpc) is 2.80. The van der Waals surface area contributed by atoms with E-state index in [0.29, 0.717) is 0 Å². The molecule has 0 unspecified atom stereocenters. The number of benzene rings is 2. The molecule has 0 saturated carbocycles. The molecule has 1 aromatic heterocycles. The van der Waals surface area contributed by atoms with Gasteiger partial charge in [-0.05, 0) is 17.7 Å². The molecule has 3 rings (SSSR count). The number of nitrogens with one attached hydrogen (secondary N) is 1. The molecule has 0 spiro atoms. The van der Waals surface area contributed by atoms with Crippen LogP contribution >= 0.6 is 27.5 Å². The molecule has 3 heteroatoms. The van der Waals surface area contributed by atoms with E-state index < -0.39 is 0 Å². The number of fused-ring (bicyclic) bond motifs is 1. The Morgan fingerprint density at radius 1 is 0.941 bits per heavy atom. The van der Waals surface area contributed by atoms with E-state index in [1.807, 2.05) is 30.5 Å². The van der Waals surface area contributed by atoms with Crippen molar-refractivity contribution >= 4 is 38.4 Å². The Kier molecular flexibility index (Phi) is 2.69. The second-order valence-electron chi connectivity index (χ2n) is 3.85. The molecule has 3 aromatic rings. The highest BCUT2D eigenvalue weighted by Crippen LogP contribution is 2.36. The van der Waals surface area contributed by atoms with Crippen LogP contribution in [0, 0.1) is 0 Å². The van der Waals surface area contributed by atoms with Crippen molar-refractivity contribution in [3.8, 4) is 11.1 Å². The highest BCUT2D eigenvalue weighted by molar-refractivity contribution is 9.10. The lowest BCUT2D eigenvalue weighted by atomic mass is 10.0. The van der Waals surface area contributed by atoms with Crippen molar-refractivity contribution < 1.29 is 0 Å². The lowest BCUT2D eigenvalue weighted by Crippen LogP contribution is -1.82. The fraction of sp³-hybridized carbons (Fsp3) is 0. The molecule has 0 amide bonds. The molecule has 0 aliphatic heterocycles. The monoisotopic (exact) mass is 305 g/mol. The van der Waals surface area contributed by atoms with Gasteiger partial charge in [0.15, 0.2) is 0 Å². The summed E-state index contributed by atoms with van der Waals surface area (Å²) in [7, 11) is 0. The Morgan fingerprint density at radius 3 is 2.59 bits per heavy atom. The summed E-state index contributed by atoms with van der Waals surface area (Å²) in [4.78, 5) is 3.17. The minimum atomic E-state index is 0.763. The minimum Gasteiger partial charge on any atom is -0.360 e. The molecule has 0 saturated heterocycles. The summed E-state index contributed by atoms with van der Waals surface area (Å²) in [5, 5.41) is 1.89. The van der Waals surface area contributed by atoms with Gasteiger partial charge in [0.05, 0.1) is 10.5 Å². The predicted octanol–water partition coefficient (Wildman–Crippen LogP) is 5.25. The number of halogens is 2. The number of hydrogen-bond acceptors (Lipinski definition) is 0. The summed E-state index contributed by atoms with van der Waals surface area (Å²) >= 11 is 9.99. The average molecular weight is 307 g/mol. The molecule has 0 bridgehead atoms. The summed E-state index contributed by atoms with van der Waals surface area (Å²) in [5.74, 6) is 0. The van der Waals surface area contributed by atoms with Gasteiger partial charge >= 0.3 is 0 Å². The molecule has 0 atom stereocenters. The summed E-state index contributed by atoms with van der Waals surface area (Å²) in [6.45, 7) is 0. The maximum Gasteiger partial charge on any atom is 0.0725 e. The van der Waals surface area contributed by atoms with Crippen LogP contribution in [-0.2, 0) is 0 Å². The van der Waals surface area contributed by atoms with Crippen LogP contribution in [0.25, 0.3) is 22.0 Å². The number of hydrogen-bond donors (Lipinski definition) is 1. The molecule has 0 aliphatic carbocycles. The first-order valence-corrected chi connectivity index (χ1v) is 6.45. The Balaban J connectivity index is 2.31. The quantitative estimate of drug-likeness (QED) is 0.632. The Labute approximate surface area is 113 Å². The van der Waals surface area contributed by atoms with E-state index >= 15 is 0 Å². The standard InChI is InChI=1S/C14H9BrClN/c15-12-4-2-1-3-10(12)11-6-5-9-7-8-17-14(9)13(11)16/h1-8,17H. The van der Waals surface area contributed by atoms with Gasteiger partial charge in [-0.15, -0.1) is 0 Å². The van der Waals surface area contributed by atoms with Gasteiger partial charge < -0.3 is 4.98 Å². The van der Waals surface area contributed by atoms with Crippen LogP contribution in [0.1, 0.15) is 0 Å². The van der Waals surface area contributed by atoms with Gasteiger partial charge in [0.25, 0.3) is 0 Å². The largest absolute Gasteiger partial charge is 0.360 e. The number of rotatable bonds is 1. The van der Waals surface area contributed by atoms with E-state index in [9.17, 15) is 0 Å². The van der Waals surface area contributed by atoms with Gasteiger partial charge in [-0.2, -0.15) is 0 Å². The minimum absolute atomic E-state index is 0.763. The van der Waals surface area contributed by atoms with E-state index in [4.69, 9.17) is 11.6 Å². The van der Waals surface area contributed by atoms with E-state index in [-0.39, 0.29) is 0 Å². The van der Waals surface area contributed by atoms with E-state index in [2.05, 4.69) is 39.1 Å². The summed E-state index contributed by atoms with van der Waals surface area (Å²) in [6, 6.07) is 14.2. The highest BCUT2D eigenvalue weighted by atomic mass is 79.9. The SMILES string of the molecule is Clc1c(-c2ccccc2Br)ccc2cc[nH]c12. The predicted molar refractivity (Wildman–Crippen MR) is 76.4 cm³/mol. The third kappa shape index (κ3) is 1.78. The van der Waals surface area contributed by atoms with E-state index in [1.54, 1.807) is 0 Å². The molecule has 0 aliphatic rings. The summed E-state index contributed by atoms with van der Waals surface area (Å²) in [6.07, 6.45) is 1.90. The van der Waals surface area contributed by atoms with Crippen LogP contribution in [-0.4, -0.2) is 4.98 Å². The number of aromatic amines is 1. The first-order valence-electron chi connectivity index (χ1n) is 5.28. The van der Waals surface area contributed by atoms with Crippen molar-refractivity contribution in [2.45, 2.75) is 0 Å². The van der Waals surface area contributed by atoms with Gasteiger partial charge in [-0.25, -0.2) is 0 Å². The van der Waals surface area contributed by atoms with Crippen molar-refractivity contribution in [3.63, 3.8) is 0 Å². The fourth-order valence-corrected chi connectivity index (χ4v) is 2.81. The van der Waals surface area contributed by atoms with Crippen molar-refractivity contribution in [2.24, 2.45) is 0 Å². The number of aromatic nitrogens is 1. The summed E-state index contributed by atoms with van der Waals surface area (Å²) < 4.78 is 1.05. The zero-order valence-corrected chi connectivity index (χ0v) is 11.2. The molecule has 2 aromatic carbocycles. The van der Waals surface area contributed by atoms with Crippen LogP contribution in [0.2, 0.25) is 5.02 Å². The van der Waals surface area contributed by atoms with Gasteiger partial charge in [0.2, 0.25) is 0 Å². The summed E-state index contributed by atoms with van der Waals surface area (Å²) in [5.41, 5.74) is 3.13. The van der Waals surface area contributed by atoms with Crippen molar-refractivity contribution in [1.82, 2.24) is 4.98 Å². The smallest absolute Gasteiger partial charge is 0.0725 e. The zero-order chi connectivity index (χ0) is 11.8. The van der Waals surface area contributed by atoms with Gasteiger partial charge in [-0.3, -0.25) is 0 Å². The molecule has 0 fully saturated rings. The van der Waals surface area contributed by atoms with Crippen LogP contribution < -0.4 is 0 Å². The molecule has 1 N–H and O–H groups in total. The molecule has 1 nitrogen and oxygen atoms in total. The van der Waals surface area contributed by atoms with E-state index in [0.717, 1.165) is 31.5 Å². The van der Waals surface area contributed by atoms with Crippen LogP contribution in [0.15, 0.2) is 53.1 Å². The zero-order valence-electron chi connectivity index (χ0n) is 8.87. The van der Waals surface area contributed by atoms with Gasteiger partial charge in [0.1, 0.15) is 0 Å². The molecule has 0 radical (unpaired) electrons. The molecule has 17 heavy (non-hydrogen) atoms. The van der Waals surface area contributed by atoms with Crippen LogP contribution in [0.3, 0.4) is 0 Å². The maximum atomic E-state index is 6.44. The third-order valence-electron chi connectivity index (χ3n) is 2.83. The topological polar surface area (TPSA) is 15.8 Å². The Bertz CT molecular complexity index is 688. The van der Waals surface area contributed by atoms with Crippen molar-refractivity contribution in [2.75, 3.05) is 0 Å². The first-order chi connectivity index (χ1) is 8.27. The maximum absolute atomic E-state index is 6.44. The van der Waals surface area contributed by atoms with E-state index in [1.165, 1.54) is 0 Å². The van der Waals surface area contributed by atoms with Crippen LogP contribution in [0.5, 0.6) is 0 Å². The fourth-order valence-electron chi connectivity index (χ4n) is 1.98. The Morgan fingerprint density at radius 2 is 1.76 bits per heavy atom. The number of H-pyrrole nitrogens is 1. The lowest BCUT2D eigenvalue weighted by Gasteiger charge is -2.07. The molecule has 84 valence electrons. The molecule has 1 heterocycles. The van der Waals surface area contributed by atoms with Crippen molar-refractivity contribution in [1.29, 1.82) is 0 Å². The highest BCUT2D eigenvalue weighted by Gasteiger charge is 2.10. The second-order valence-corrected chi connectivity index (χ2v) is 5.08. The van der Waals surface area contributed by atoms with Gasteiger partial charge in [0, 0.05) is 21.6 Å². The van der Waals surface area contributed by atoms with Crippen LogP contribution in [0.4, 0.5) is 0 Å². The lowest BCUT2D eigenvalue weighted by molar-refractivity contribution is 1.47. The molecular weight excluding hydrogens is 298 g/mol. The first kappa shape index (κ1) is 10.9. The van der Waals surface area contributed by atoms with Gasteiger partial charge in [-0.1, -0.05) is 57.9 Å².